The molecule has 9 nitrogen and oxygen atoms in total. The van der Waals surface area contributed by atoms with E-state index in [1.54, 1.807) is 0 Å². The van der Waals surface area contributed by atoms with E-state index in [9.17, 15) is 14.4 Å². The second-order valence-corrected chi connectivity index (χ2v) is 6.87. The zero-order valence-corrected chi connectivity index (χ0v) is 14.9. The molecule has 0 radical (unpaired) electrons. The van der Waals surface area contributed by atoms with Gasteiger partial charge >= 0.3 is 6.09 Å². The number of carbonyl (C=O) groups is 3. The Bertz CT molecular complexity index is 869. The van der Waals surface area contributed by atoms with E-state index in [0.29, 0.717) is 6.54 Å². The van der Waals surface area contributed by atoms with Crippen LogP contribution in [0.5, 0.6) is 0 Å². The van der Waals surface area contributed by atoms with Crippen molar-refractivity contribution in [2.75, 3.05) is 26.9 Å². The number of carbonyl (C=O) groups excluding carboxylic acids is 3. The van der Waals surface area contributed by atoms with E-state index in [4.69, 9.17) is 26.4 Å². The monoisotopic (exact) mass is 373 g/mol. The molecule has 0 spiro atoms. The number of methoxy groups -OCH3 is 1. The number of allylic oxidation sites excluding steroid dienone is 2. The smallest absolute Gasteiger partial charge is 0.404 e. The average Bonchev–Trinajstić information content (AvgIpc) is 3.24. The first-order valence-corrected chi connectivity index (χ1v) is 8.50. The third-order valence-electron chi connectivity index (χ3n) is 5.67. The molecule has 3 aliphatic heterocycles. The number of piperazine rings is 1. The molecule has 4 rings (SSSR count). The summed E-state index contributed by atoms with van der Waals surface area (Å²) in [7, 11) is 1.51. The summed E-state index contributed by atoms with van der Waals surface area (Å²) in [6, 6.07) is 0.0481. The Labute approximate surface area is 155 Å². The maximum Gasteiger partial charge on any atom is 0.404 e. The molecule has 4 atom stereocenters. The number of nitrogens with zero attached hydrogens (tertiary/aromatic N) is 1. The van der Waals surface area contributed by atoms with E-state index in [1.807, 2.05) is 4.90 Å². The minimum absolute atomic E-state index is 0.0755. The van der Waals surface area contributed by atoms with Gasteiger partial charge in [-0.25, -0.2) is 4.79 Å². The van der Waals surface area contributed by atoms with Crippen molar-refractivity contribution in [3.63, 3.8) is 0 Å². The first-order chi connectivity index (χ1) is 12.9. The summed E-state index contributed by atoms with van der Waals surface area (Å²) in [5.74, 6) is 0.757. The van der Waals surface area contributed by atoms with Crippen LogP contribution in [0.1, 0.15) is 6.92 Å². The molecule has 2 saturated heterocycles. The number of Topliss-reactive ketones (excluding diaryl/α,β-unsaturated/α-hetero) is 2. The van der Waals surface area contributed by atoms with Crippen LogP contribution in [0.3, 0.4) is 0 Å². The number of amides is 1. The van der Waals surface area contributed by atoms with Crippen LogP contribution in [0.15, 0.2) is 22.6 Å². The van der Waals surface area contributed by atoms with Crippen molar-refractivity contribution in [2.24, 2.45) is 11.7 Å². The highest BCUT2D eigenvalue weighted by molar-refractivity contribution is 6.25. The van der Waals surface area contributed by atoms with E-state index in [2.05, 4.69) is 11.2 Å². The van der Waals surface area contributed by atoms with Crippen LogP contribution in [0.2, 0.25) is 0 Å². The summed E-state index contributed by atoms with van der Waals surface area (Å²) in [4.78, 5) is 39.3. The molecule has 9 heteroatoms. The Kier molecular flexibility index (Phi) is 3.80. The zero-order valence-electron chi connectivity index (χ0n) is 14.9. The topological polar surface area (TPSA) is 130 Å². The summed E-state index contributed by atoms with van der Waals surface area (Å²) in [5.41, 5.74) is 4.82. The maximum atomic E-state index is 13.2. The molecular weight excluding hydrogens is 354 g/mol. The van der Waals surface area contributed by atoms with Gasteiger partial charge in [-0.15, -0.1) is 6.42 Å². The molecule has 0 aromatic heterocycles. The lowest BCUT2D eigenvalue weighted by atomic mass is 9.83. The van der Waals surface area contributed by atoms with Gasteiger partial charge in [0.25, 0.3) is 0 Å². The third kappa shape index (κ3) is 2.17. The number of hydrogen-bond donors (Lipinski definition) is 2. The van der Waals surface area contributed by atoms with Gasteiger partial charge in [0, 0.05) is 30.8 Å². The van der Waals surface area contributed by atoms with Gasteiger partial charge < -0.3 is 30.2 Å². The lowest BCUT2D eigenvalue weighted by molar-refractivity contribution is -0.137. The van der Waals surface area contributed by atoms with E-state index in [0.717, 1.165) is 0 Å². The van der Waals surface area contributed by atoms with Crippen molar-refractivity contribution in [3.8, 4) is 12.3 Å². The molecule has 4 unspecified atom stereocenters. The average molecular weight is 373 g/mol. The Morgan fingerprint density at radius 1 is 1.44 bits per heavy atom. The number of ether oxygens (including phenoxy) is 3. The minimum Gasteiger partial charge on any atom is -0.476 e. The molecule has 1 aliphatic carbocycles. The van der Waals surface area contributed by atoms with Crippen LogP contribution < -0.4 is 11.1 Å². The fourth-order valence-corrected chi connectivity index (χ4v) is 4.56. The van der Waals surface area contributed by atoms with Crippen LogP contribution in [-0.2, 0) is 23.8 Å². The number of hydrogen-bond acceptors (Lipinski definition) is 8. The molecule has 0 bridgehead atoms. The van der Waals surface area contributed by atoms with Crippen molar-refractivity contribution in [2.45, 2.75) is 24.7 Å². The van der Waals surface area contributed by atoms with Crippen molar-refractivity contribution < 1.29 is 28.6 Å². The second kappa shape index (κ2) is 5.84. The SMILES string of the molecule is C#CCOC1=C(C)C(=O)C2=C(C1=O)C(COC(N)=O)C1(OC)C3NC3CN21. The van der Waals surface area contributed by atoms with Gasteiger partial charge in [0.1, 0.15) is 13.2 Å². The van der Waals surface area contributed by atoms with Crippen LogP contribution in [0.25, 0.3) is 0 Å². The Balaban J connectivity index is 1.80. The van der Waals surface area contributed by atoms with Crippen molar-refractivity contribution in [3.05, 3.63) is 22.6 Å². The molecular formula is C18H19N3O6. The molecule has 4 aliphatic rings. The molecule has 0 saturated carbocycles. The molecule has 3 heterocycles. The number of fused-ring (bicyclic) bond motifs is 4. The van der Waals surface area contributed by atoms with Gasteiger partial charge in [0.15, 0.2) is 11.5 Å². The summed E-state index contributed by atoms with van der Waals surface area (Å²) in [5, 5.41) is 3.29. The van der Waals surface area contributed by atoms with Crippen molar-refractivity contribution >= 4 is 17.7 Å². The number of nitrogens with one attached hydrogen (secondary N) is 1. The fraction of sp³-hybridized carbons (Fsp3) is 0.500. The molecule has 3 N–H and O–H groups in total. The van der Waals surface area contributed by atoms with Crippen molar-refractivity contribution in [1.82, 2.24) is 10.2 Å². The Morgan fingerprint density at radius 2 is 2.19 bits per heavy atom. The fourth-order valence-electron chi connectivity index (χ4n) is 4.56. The zero-order chi connectivity index (χ0) is 19.5. The van der Waals surface area contributed by atoms with Gasteiger partial charge in [-0.3, -0.25) is 9.59 Å². The Hall–Kier alpha value is -2.83. The standard InChI is InChI=1S/C18H19N3O6/c1-4-5-26-15-8(2)13(22)12-11(14(15)23)9(7-27-17(19)24)18(25-3)16-10(20-16)6-21(12)18/h1,9-10,16,20H,5-7H2,2-3H3,(H2,19,24). The van der Waals surface area contributed by atoms with Crippen LogP contribution in [0, 0.1) is 18.3 Å². The van der Waals surface area contributed by atoms with Crippen LogP contribution in [0.4, 0.5) is 4.79 Å². The van der Waals surface area contributed by atoms with Gasteiger partial charge in [0.05, 0.1) is 17.7 Å². The number of nitrogens with two attached hydrogens (primary N) is 1. The molecule has 0 aromatic carbocycles. The lowest BCUT2D eigenvalue weighted by Gasteiger charge is -2.39. The normalized spacial score (nSPS) is 33.5. The molecule has 142 valence electrons. The number of rotatable bonds is 5. The van der Waals surface area contributed by atoms with Crippen LogP contribution in [-0.4, -0.2) is 67.2 Å². The number of primary amides is 1. The second-order valence-electron chi connectivity index (χ2n) is 6.87. The third-order valence-corrected chi connectivity index (χ3v) is 5.67. The molecule has 2 fully saturated rings. The predicted octanol–water partition coefficient (Wildman–Crippen LogP) is -0.960. The molecule has 1 amide bonds. The highest BCUT2D eigenvalue weighted by Gasteiger charge is 2.72. The largest absolute Gasteiger partial charge is 0.476 e. The lowest BCUT2D eigenvalue weighted by Crippen LogP contribution is -2.55. The van der Waals surface area contributed by atoms with Gasteiger partial charge in [0.2, 0.25) is 11.6 Å². The number of terminal acetylenes is 1. The van der Waals surface area contributed by atoms with Gasteiger partial charge in [-0.2, -0.15) is 0 Å². The first kappa shape index (κ1) is 17.6. The molecule has 0 aromatic rings. The highest BCUT2D eigenvalue weighted by atomic mass is 16.6. The highest BCUT2D eigenvalue weighted by Crippen LogP contribution is 2.55. The minimum atomic E-state index is -1.00. The predicted molar refractivity (Wildman–Crippen MR) is 90.7 cm³/mol. The van der Waals surface area contributed by atoms with Gasteiger partial charge in [-0.05, 0) is 6.92 Å². The first-order valence-electron chi connectivity index (χ1n) is 8.50. The van der Waals surface area contributed by atoms with E-state index < -0.39 is 23.5 Å². The van der Waals surface area contributed by atoms with E-state index >= 15 is 0 Å². The quantitative estimate of drug-likeness (QED) is 0.358. The van der Waals surface area contributed by atoms with Crippen molar-refractivity contribution in [1.29, 1.82) is 0 Å². The van der Waals surface area contributed by atoms with E-state index in [1.165, 1.54) is 14.0 Å². The maximum absolute atomic E-state index is 13.2. The summed E-state index contributed by atoms with van der Waals surface area (Å²) < 4.78 is 16.2. The van der Waals surface area contributed by atoms with Gasteiger partial charge in [-0.1, -0.05) is 5.92 Å². The summed E-state index contributed by atoms with van der Waals surface area (Å²) in [6.07, 6.45) is 4.25. The van der Waals surface area contributed by atoms with Crippen LogP contribution >= 0.6 is 0 Å². The molecule has 27 heavy (non-hydrogen) atoms. The van der Waals surface area contributed by atoms with E-state index in [-0.39, 0.29) is 53.7 Å². The number of ketones is 2. The summed E-state index contributed by atoms with van der Waals surface area (Å²) in [6.45, 7) is 1.72. The summed E-state index contributed by atoms with van der Waals surface area (Å²) >= 11 is 0. The Morgan fingerprint density at radius 3 is 2.81 bits per heavy atom.